The highest BCUT2D eigenvalue weighted by Crippen LogP contribution is 2.34. The molecule has 0 spiro atoms. The predicted molar refractivity (Wildman–Crippen MR) is 131 cm³/mol. The molecular weight excluding hydrogens is 436 g/mol. The van der Waals surface area contributed by atoms with Gasteiger partial charge in [0.05, 0.1) is 0 Å². The van der Waals surface area contributed by atoms with E-state index in [2.05, 4.69) is 20.5 Å². The maximum absolute atomic E-state index is 12.0. The number of halogens is 1. The summed E-state index contributed by atoms with van der Waals surface area (Å²) >= 11 is 6.07. The molecular formula is C26H25ClN4O2. The molecule has 0 unspecified atom stereocenters. The highest BCUT2D eigenvalue weighted by Gasteiger charge is 2.18. The minimum Gasteiger partial charge on any atom is -0.444 e. The molecule has 0 aliphatic rings. The molecule has 0 radical (unpaired) electrons. The lowest BCUT2D eigenvalue weighted by molar-refractivity contribution is 0.0636. The van der Waals surface area contributed by atoms with Gasteiger partial charge in [0.2, 0.25) is 0 Å². The van der Waals surface area contributed by atoms with Crippen LogP contribution in [-0.2, 0) is 11.2 Å². The fourth-order valence-corrected chi connectivity index (χ4v) is 3.61. The molecule has 2 N–H and O–H groups in total. The number of rotatable bonds is 5. The normalized spacial score (nSPS) is 11.3. The fraction of sp³-hybridized carbons (Fsp3) is 0.192. The van der Waals surface area contributed by atoms with Gasteiger partial charge in [-0.05, 0) is 68.3 Å². The number of nitrogens with zero attached hydrogens (tertiary/aromatic N) is 2. The van der Waals surface area contributed by atoms with E-state index in [0.717, 1.165) is 33.6 Å². The SMILES string of the molecule is CC(C)(C)OC(=O)Nc1ccc(Cc2[nH]nc(-c3ccc(Cl)cc3)c2-c2ccncc2)cc1. The van der Waals surface area contributed by atoms with E-state index in [1.807, 2.05) is 81.4 Å². The molecule has 2 heterocycles. The van der Waals surface area contributed by atoms with Gasteiger partial charge < -0.3 is 4.74 Å². The number of anilines is 1. The lowest BCUT2D eigenvalue weighted by Crippen LogP contribution is -2.27. The van der Waals surface area contributed by atoms with Crippen LogP contribution in [0.2, 0.25) is 5.02 Å². The third kappa shape index (κ3) is 5.79. The highest BCUT2D eigenvalue weighted by atomic mass is 35.5. The maximum atomic E-state index is 12.0. The zero-order valence-corrected chi connectivity index (χ0v) is 19.5. The first-order chi connectivity index (χ1) is 15.8. The van der Waals surface area contributed by atoms with Crippen LogP contribution in [-0.4, -0.2) is 26.9 Å². The standard InChI is InChI=1S/C26H25ClN4O2/c1-26(2,3)33-25(32)29-21-10-4-17(5-11-21)16-22-23(18-12-14-28-15-13-18)24(31-30-22)19-6-8-20(27)9-7-19/h4-15H,16H2,1-3H3,(H,29,32)(H,30,31). The van der Waals surface area contributed by atoms with Gasteiger partial charge in [-0.2, -0.15) is 5.10 Å². The molecule has 0 saturated carbocycles. The Hall–Kier alpha value is -3.64. The average Bonchev–Trinajstić information content (AvgIpc) is 3.18. The molecule has 2 aromatic heterocycles. The van der Waals surface area contributed by atoms with E-state index >= 15 is 0 Å². The van der Waals surface area contributed by atoms with E-state index in [1.165, 1.54) is 0 Å². The second-order valence-electron chi connectivity index (χ2n) is 8.67. The molecule has 0 atom stereocenters. The van der Waals surface area contributed by atoms with Gasteiger partial charge in [0, 0.05) is 46.3 Å². The number of benzene rings is 2. The van der Waals surface area contributed by atoms with Crippen LogP contribution in [0.1, 0.15) is 32.0 Å². The first-order valence-electron chi connectivity index (χ1n) is 10.6. The van der Waals surface area contributed by atoms with Crippen molar-refractivity contribution in [3.63, 3.8) is 0 Å². The third-order valence-electron chi connectivity index (χ3n) is 4.91. The Morgan fingerprint density at radius 1 is 0.970 bits per heavy atom. The Kier molecular flexibility index (Phi) is 6.47. The summed E-state index contributed by atoms with van der Waals surface area (Å²) in [5.74, 6) is 0. The van der Waals surface area contributed by atoms with Crippen LogP contribution in [0.3, 0.4) is 0 Å². The van der Waals surface area contributed by atoms with Crippen LogP contribution >= 0.6 is 11.6 Å². The quantitative estimate of drug-likeness (QED) is 0.346. The number of nitrogens with one attached hydrogen (secondary N) is 2. The summed E-state index contributed by atoms with van der Waals surface area (Å²) in [5.41, 5.74) is 6.08. The number of hydrogen-bond donors (Lipinski definition) is 2. The molecule has 0 fully saturated rings. The number of carbonyl (C=O) groups is 1. The number of aromatic nitrogens is 3. The molecule has 0 saturated heterocycles. The van der Waals surface area contributed by atoms with E-state index in [4.69, 9.17) is 16.3 Å². The molecule has 33 heavy (non-hydrogen) atoms. The Morgan fingerprint density at radius 2 is 1.64 bits per heavy atom. The second-order valence-corrected chi connectivity index (χ2v) is 9.11. The lowest BCUT2D eigenvalue weighted by atomic mass is 9.97. The smallest absolute Gasteiger partial charge is 0.412 e. The predicted octanol–water partition coefficient (Wildman–Crippen LogP) is 6.73. The van der Waals surface area contributed by atoms with E-state index < -0.39 is 11.7 Å². The third-order valence-corrected chi connectivity index (χ3v) is 5.16. The molecule has 7 heteroatoms. The van der Waals surface area contributed by atoms with E-state index in [0.29, 0.717) is 17.1 Å². The van der Waals surface area contributed by atoms with Crippen molar-refractivity contribution in [3.05, 3.63) is 89.3 Å². The zero-order valence-electron chi connectivity index (χ0n) is 18.7. The maximum Gasteiger partial charge on any atom is 0.412 e. The van der Waals surface area contributed by atoms with Crippen LogP contribution in [0.4, 0.5) is 10.5 Å². The summed E-state index contributed by atoms with van der Waals surface area (Å²) in [6.07, 6.45) is 3.71. The number of pyridine rings is 1. The van der Waals surface area contributed by atoms with Crippen molar-refractivity contribution < 1.29 is 9.53 Å². The Balaban J connectivity index is 1.59. The van der Waals surface area contributed by atoms with Crippen LogP contribution in [0.15, 0.2) is 73.1 Å². The summed E-state index contributed by atoms with van der Waals surface area (Å²) < 4.78 is 5.31. The highest BCUT2D eigenvalue weighted by molar-refractivity contribution is 6.30. The molecule has 4 rings (SSSR count). The topological polar surface area (TPSA) is 79.9 Å². The van der Waals surface area contributed by atoms with Crippen molar-refractivity contribution >= 4 is 23.4 Å². The molecule has 6 nitrogen and oxygen atoms in total. The molecule has 2 aromatic carbocycles. The summed E-state index contributed by atoms with van der Waals surface area (Å²) in [6, 6.07) is 19.3. The summed E-state index contributed by atoms with van der Waals surface area (Å²) in [6.45, 7) is 5.50. The summed E-state index contributed by atoms with van der Waals surface area (Å²) in [7, 11) is 0. The van der Waals surface area contributed by atoms with Crippen molar-refractivity contribution in [1.29, 1.82) is 0 Å². The number of hydrogen-bond acceptors (Lipinski definition) is 4. The first-order valence-corrected chi connectivity index (χ1v) is 11.0. The first kappa shape index (κ1) is 22.6. The van der Waals surface area contributed by atoms with Gasteiger partial charge in [-0.1, -0.05) is 35.9 Å². The molecule has 0 bridgehead atoms. The van der Waals surface area contributed by atoms with E-state index in [-0.39, 0.29) is 0 Å². The van der Waals surface area contributed by atoms with Crippen molar-refractivity contribution in [1.82, 2.24) is 15.2 Å². The van der Waals surface area contributed by atoms with Crippen molar-refractivity contribution in [2.75, 3.05) is 5.32 Å². The minimum absolute atomic E-state index is 0.476. The Morgan fingerprint density at radius 3 is 2.27 bits per heavy atom. The summed E-state index contributed by atoms with van der Waals surface area (Å²) in [5, 5.41) is 11.3. The van der Waals surface area contributed by atoms with Gasteiger partial charge in [0.25, 0.3) is 0 Å². The molecule has 1 amide bonds. The lowest BCUT2D eigenvalue weighted by Gasteiger charge is -2.19. The second kappa shape index (κ2) is 9.46. The van der Waals surface area contributed by atoms with Crippen molar-refractivity contribution in [2.24, 2.45) is 0 Å². The minimum atomic E-state index is -0.546. The van der Waals surface area contributed by atoms with Crippen LogP contribution in [0.5, 0.6) is 0 Å². The van der Waals surface area contributed by atoms with Crippen LogP contribution in [0.25, 0.3) is 22.4 Å². The van der Waals surface area contributed by atoms with Crippen molar-refractivity contribution in [2.45, 2.75) is 32.8 Å². The number of ether oxygens (including phenoxy) is 1. The van der Waals surface area contributed by atoms with Crippen LogP contribution in [0, 0.1) is 0 Å². The van der Waals surface area contributed by atoms with Gasteiger partial charge >= 0.3 is 6.09 Å². The van der Waals surface area contributed by atoms with E-state index in [9.17, 15) is 4.79 Å². The van der Waals surface area contributed by atoms with Gasteiger partial charge in [0.15, 0.2) is 0 Å². The summed E-state index contributed by atoms with van der Waals surface area (Å²) in [4.78, 5) is 16.1. The van der Waals surface area contributed by atoms with Gasteiger partial charge in [0.1, 0.15) is 11.3 Å². The molecule has 0 aliphatic heterocycles. The zero-order chi connectivity index (χ0) is 23.4. The average molecular weight is 461 g/mol. The van der Waals surface area contributed by atoms with Crippen molar-refractivity contribution in [3.8, 4) is 22.4 Å². The number of aromatic amines is 1. The fourth-order valence-electron chi connectivity index (χ4n) is 3.48. The van der Waals surface area contributed by atoms with Crippen LogP contribution < -0.4 is 5.32 Å². The molecule has 0 aliphatic carbocycles. The Bertz CT molecular complexity index is 1230. The Labute approximate surface area is 198 Å². The molecule has 168 valence electrons. The van der Waals surface area contributed by atoms with E-state index in [1.54, 1.807) is 12.4 Å². The van der Waals surface area contributed by atoms with Gasteiger partial charge in [-0.15, -0.1) is 0 Å². The number of amides is 1. The largest absolute Gasteiger partial charge is 0.444 e. The monoisotopic (exact) mass is 460 g/mol. The van der Waals surface area contributed by atoms with Gasteiger partial charge in [-0.3, -0.25) is 15.4 Å². The van der Waals surface area contributed by atoms with Gasteiger partial charge in [-0.25, -0.2) is 4.79 Å². The molecule has 4 aromatic rings. The number of H-pyrrole nitrogens is 1. The number of carbonyl (C=O) groups excluding carboxylic acids is 1.